The quantitative estimate of drug-likeness (QED) is 0.657. The first kappa shape index (κ1) is 18.4. The van der Waals surface area contributed by atoms with Gasteiger partial charge in [-0.2, -0.15) is 0 Å². The van der Waals surface area contributed by atoms with Crippen LogP contribution in [0.15, 0.2) is 59.6 Å². The smallest absolute Gasteiger partial charge is 0.411 e. The SMILES string of the molecule is Cc1ccc(NC(=O)OCC(C)C)cc1N(c1cccnc1)c1ncco1. The van der Waals surface area contributed by atoms with E-state index in [9.17, 15) is 4.79 Å². The summed E-state index contributed by atoms with van der Waals surface area (Å²) in [4.78, 5) is 22.3. The summed E-state index contributed by atoms with van der Waals surface area (Å²) in [6.45, 7) is 6.31. The van der Waals surface area contributed by atoms with E-state index in [1.54, 1.807) is 18.6 Å². The van der Waals surface area contributed by atoms with Gasteiger partial charge in [0.2, 0.25) is 0 Å². The van der Waals surface area contributed by atoms with E-state index in [4.69, 9.17) is 9.15 Å². The number of hydrogen-bond acceptors (Lipinski definition) is 6. The van der Waals surface area contributed by atoms with Crippen molar-refractivity contribution in [1.29, 1.82) is 0 Å². The topological polar surface area (TPSA) is 80.5 Å². The molecule has 27 heavy (non-hydrogen) atoms. The predicted molar refractivity (Wildman–Crippen MR) is 104 cm³/mol. The number of aromatic nitrogens is 2. The summed E-state index contributed by atoms with van der Waals surface area (Å²) in [5.41, 5.74) is 3.21. The van der Waals surface area contributed by atoms with Crippen LogP contribution in [0.25, 0.3) is 0 Å². The fourth-order valence-corrected chi connectivity index (χ4v) is 2.49. The van der Waals surface area contributed by atoms with Gasteiger partial charge in [0.1, 0.15) is 6.26 Å². The van der Waals surface area contributed by atoms with Crippen LogP contribution in [0.4, 0.5) is 27.9 Å². The molecule has 0 spiro atoms. The molecule has 7 nitrogen and oxygen atoms in total. The Balaban J connectivity index is 1.92. The Bertz CT molecular complexity index is 880. The molecule has 0 aliphatic carbocycles. The van der Waals surface area contributed by atoms with Crippen molar-refractivity contribution in [2.45, 2.75) is 20.8 Å². The van der Waals surface area contributed by atoms with E-state index in [-0.39, 0.29) is 5.92 Å². The average molecular weight is 366 g/mol. The lowest BCUT2D eigenvalue weighted by Gasteiger charge is -2.23. The monoisotopic (exact) mass is 366 g/mol. The zero-order valence-corrected chi connectivity index (χ0v) is 15.5. The van der Waals surface area contributed by atoms with Crippen LogP contribution in [0, 0.1) is 12.8 Å². The van der Waals surface area contributed by atoms with Crippen molar-refractivity contribution in [3.63, 3.8) is 0 Å². The molecule has 2 heterocycles. The van der Waals surface area contributed by atoms with E-state index < -0.39 is 6.09 Å². The lowest BCUT2D eigenvalue weighted by molar-refractivity contribution is 0.147. The predicted octanol–water partition coefficient (Wildman–Crippen LogP) is 5.05. The lowest BCUT2D eigenvalue weighted by atomic mass is 10.1. The highest BCUT2D eigenvalue weighted by molar-refractivity contribution is 5.87. The standard InChI is InChI=1S/C20H22N4O3/c1-14(2)13-27-20(25)23-16-7-6-15(3)18(11-16)24(19-22-9-10-26-19)17-5-4-8-21-12-17/h4-12,14H,13H2,1-3H3,(H,23,25). The molecular weight excluding hydrogens is 344 g/mol. The number of pyridine rings is 1. The van der Waals surface area contributed by atoms with E-state index in [0.29, 0.717) is 18.3 Å². The molecule has 0 fully saturated rings. The van der Waals surface area contributed by atoms with Gasteiger partial charge in [-0.05, 0) is 42.7 Å². The molecule has 0 aliphatic heterocycles. The van der Waals surface area contributed by atoms with Crippen molar-refractivity contribution in [2.24, 2.45) is 5.92 Å². The second-order valence-corrected chi connectivity index (χ2v) is 6.48. The summed E-state index contributed by atoms with van der Waals surface area (Å²) in [6.07, 6.45) is 6.04. The van der Waals surface area contributed by atoms with E-state index >= 15 is 0 Å². The van der Waals surface area contributed by atoms with Crippen LogP contribution >= 0.6 is 0 Å². The second kappa shape index (κ2) is 8.35. The van der Waals surface area contributed by atoms with Crippen molar-refractivity contribution in [3.05, 3.63) is 60.7 Å². The zero-order chi connectivity index (χ0) is 19.2. The summed E-state index contributed by atoms with van der Waals surface area (Å²) in [5.74, 6) is 0.274. The summed E-state index contributed by atoms with van der Waals surface area (Å²) in [7, 11) is 0. The third-order valence-corrected chi connectivity index (χ3v) is 3.76. The first-order chi connectivity index (χ1) is 13.0. The van der Waals surface area contributed by atoms with Crippen LogP contribution < -0.4 is 10.2 Å². The van der Waals surface area contributed by atoms with Crippen molar-refractivity contribution >= 4 is 29.2 Å². The van der Waals surface area contributed by atoms with Crippen molar-refractivity contribution in [1.82, 2.24) is 9.97 Å². The van der Waals surface area contributed by atoms with Gasteiger partial charge in [-0.25, -0.2) is 9.78 Å². The summed E-state index contributed by atoms with van der Waals surface area (Å²) in [5, 5.41) is 2.76. The molecule has 1 aromatic carbocycles. The van der Waals surface area contributed by atoms with Crippen molar-refractivity contribution in [3.8, 4) is 0 Å². The van der Waals surface area contributed by atoms with Crippen LogP contribution in [-0.4, -0.2) is 22.7 Å². The Morgan fingerprint density at radius 3 is 2.81 bits per heavy atom. The molecule has 0 saturated carbocycles. The Morgan fingerprint density at radius 1 is 1.30 bits per heavy atom. The number of hydrogen-bond donors (Lipinski definition) is 1. The van der Waals surface area contributed by atoms with Crippen molar-refractivity contribution < 1.29 is 13.9 Å². The number of anilines is 4. The van der Waals surface area contributed by atoms with Crippen LogP contribution in [0.1, 0.15) is 19.4 Å². The number of nitrogens with zero attached hydrogens (tertiary/aromatic N) is 3. The summed E-state index contributed by atoms with van der Waals surface area (Å²) in [6, 6.07) is 9.75. The van der Waals surface area contributed by atoms with Gasteiger partial charge in [-0.15, -0.1) is 0 Å². The van der Waals surface area contributed by atoms with E-state index in [1.807, 2.05) is 56.0 Å². The fourth-order valence-electron chi connectivity index (χ4n) is 2.49. The highest BCUT2D eigenvalue weighted by Gasteiger charge is 2.19. The highest BCUT2D eigenvalue weighted by Crippen LogP contribution is 2.36. The van der Waals surface area contributed by atoms with Gasteiger partial charge in [0.05, 0.1) is 30.4 Å². The minimum Gasteiger partial charge on any atom is -0.449 e. The van der Waals surface area contributed by atoms with E-state index in [1.165, 1.54) is 6.26 Å². The Kier molecular flexibility index (Phi) is 5.71. The summed E-state index contributed by atoms with van der Waals surface area (Å²) < 4.78 is 10.7. The molecule has 3 rings (SSSR count). The Hall–Kier alpha value is -3.35. The first-order valence-electron chi connectivity index (χ1n) is 8.68. The number of carbonyl (C=O) groups excluding carboxylic acids is 1. The molecular formula is C20H22N4O3. The maximum atomic E-state index is 12.0. The number of benzene rings is 1. The molecule has 0 aliphatic rings. The molecule has 0 atom stereocenters. The molecule has 7 heteroatoms. The molecule has 0 unspecified atom stereocenters. The molecule has 0 radical (unpaired) electrons. The molecule has 140 valence electrons. The molecule has 1 N–H and O–H groups in total. The minimum atomic E-state index is -0.484. The van der Waals surface area contributed by atoms with Gasteiger partial charge >= 0.3 is 12.1 Å². The van der Waals surface area contributed by atoms with Crippen LogP contribution in [0.3, 0.4) is 0 Å². The number of rotatable bonds is 6. The largest absolute Gasteiger partial charge is 0.449 e. The summed E-state index contributed by atoms with van der Waals surface area (Å²) >= 11 is 0. The van der Waals surface area contributed by atoms with Crippen LogP contribution in [-0.2, 0) is 4.74 Å². The second-order valence-electron chi connectivity index (χ2n) is 6.48. The van der Waals surface area contributed by atoms with E-state index in [2.05, 4.69) is 15.3 Å². The Morgan fingerprint density at radius 2 is 2.15 bits per heavy atom. The van der Waals surface area contributed by atoms with Crippen molar-refractivity contribution in [2.75, 3.05) is 16.8 Å². The van der Waals surface area contributed by atoms with Gasteiger partial charge in [0.25, 0.3) is 0 Å². The number of oxazole rings is 1. The Labute approximate surface area is 158 Å². The fraction of sp³-hybridized carbons (Fsp3) is 0.250. The number of amides is 1. The maximum absolute atomic E-state index is 12.0. The zero-order valence-electron chi connectivity index (χ0n) is 15.5. The third kappa shape index (κ3) is 4.63. The number of ether oxygens (including phenoxy) is 1. The number of carbonyl (C=O) groups is 1. The van der Waals surface area contributed by atoms with Gasteiger partial charge in [0, 0.05) is 11.9 Å². The third-order valence-electron chi connectivity index (χ3n) is 3.76. The number of nitrogens with one attached hydrogen (secondary N) is 1. The molecule has 2 aromatic heterocycles. The molecule has 1 amide bonds. The van der Waals surface area contributed by atoms with Gasteiger partial charge < -0.3 is 9.15 Å². The first-order valence-corrected chi connectivity index (χ1v) is 8.68. The van der Waals surface area contributed by atoms with Gasteiger partial charge in [0.15, 0.2) is 0 Å². The van der Waals surface area contributed by atoms with Gasteiger partial charge in [-0.3, -0.25) is 15.2 Å². The average Bonchev–Trinajstić information content (AvgIpc) is 3.18. The minimum absolute atomic E-state index is 0.274. The van der Waals surface area contributed by atoms with E-state index in [0.717, 1.165) is 16.9 Å². The van der Waals surface area contributed by atoms with Crippen LogP contribution in [0.2, 0.25) is 0 Å². The molecule has 3 aromatic rings. The highest BCUT2D eigenvalue weighted by atomic mass is 16.5. The normalized spacial score (nSPS) is 10.7. The number of aryl methyl sites for hydroxylation is 1. The van der Waals surface area contributed by atoms with Crippen LogP contribution in [0.5, 0.6) is 0 Å². The molecule has 0 bridgehead atoms. The maximum Gasteiger partial charge on any atom is 0.411 e. The lowest BCUT2D eigenvalue weighted by Crippen LogP contribution is -2.17. The van der Waals surface area contributed by atoms with Gasteiger partial charge in [-0.1, -0.05) is 19.9 Å². The molecule has 0 saturated heterocycles.